The maximum atomic E-state index is 6.73. The van der Waals surface area contributed by atoms with Crippen molar-refractivity contribution in [1.82, 2.24) is 24.5 Å². The molecule has 0 unspecified atom stereocenters. The van der Waals surface area contributed by atoms with Crippen molar-refractivity contribution in [3.63, 3.8) is 0 Å². The summed E-state index contributed by atoms with van der Waals surface area (Å²) in [4.78, 5) is 19.7. The van der Waals surface area contributed by atoms with Crippen LogP contribution in [-0.4, -0.2) is 24.5 Å². The van der Waals surface area contributed by atoms with Gasteiger partial charge in [-0.05, 0) is 53.2 Å². The Bertz CT molecular complexity index is 2800. The van der Waals surface area contributed by atoms with Gasteiger partial charge >= 0.3 is 0 Å². The molecule has 0 aliphatic rings. The standard InChI is InChI=1S/C42H25N5O/c1-2-11-27(12-3-1)39-44-40(29-20-19-26-10-4-5-13-28(26)24-29)46-41(45-39)30-21-22-32-33-15-8-18-36(38(33)48-37(32)25-30)47-35-17-7-6-14-31(35)34-16-9-23-43-42(34)47/h1-25H. The fourth-order valence-corrected chi connectivity index (χ4v) is 6.82. The van der Waals surface area contributed by atoms with Crippen LogP contribution < -0.4 is 0 Å². The molecule has 6 nitrogen and oxygen atoms in total. The van der Waals surface area contributed by atoms with E-state index in [1.807, 2.05) is 60.8 Å². The van der Waals surface area contributed by atoms with Crippen LogP contribution in [0.3, 0.4) is 0 Å². The number of para-hydroxylation sites is 2. The Morgan fingerprint density at radius 3 is 2.02 bits per heavy atom. The summed E-state index contributed by atoms with van der Waals surface area (Å²) < 4.78 is 8.92. The molecular weight excluding hydrogens is 590 g/mol. The van der Waals surface area contributed by atoms with Crippen molar-refractivity contribution in [3.8, 4) is 39.9 Å². The Hall–Kier alpha value is -6.66. The topological polar surface area (TPSA) is 69.6 Å². The molecule has 4 heterocycles. The largest absolute Gasteiger partial charge is 0.454 e. The number of hydrogen-bond acceptors (Lipinski definition) is 5. The third-order valence-electron chi connectivity index (χ3n) is 9.09. The van der Waals surface area contributed by atoms with Gasteiger partial charge in [0.1, 0.15) is 11.2 Å². The maximum Gasteiger partial charge on any atom is 0.164 e. The van der Waals surface area contributed by atoms with Gasteiger partial charge in [0.05, 0.1) is 11.2 Å². The lowest BCUT2D eigenvalue weighted by Gasteiger charge is -2.09. The highest BCUT2D eigenvalue weighted by Crippen LogP contribution is 2.38. The Kier molecular flexibility index (Phi) is 5.77. The van der Waals surface area contributed by atoms with E-state index in [1.165, 1.54) is 5.39 Å². The lowest BCUT2D eigenvalue weighted by Crippen LogP contribution is -2.00. The van der Waals surface area contributed by atoms with Crippen LogP contribution in [0.15, 0.2) is 156 Å². The van der Waals surface area contributed by atoms with E-state index in [4.69, 9.17) is 24.4 Å². The van der Waals surface area contributed by atoms with Crippen LogP contribution in [0.2, 0.25) is 0 Å². The minimum Gasteiger partial charge on any atom is -0.454 e. The number of furan rings is 1. The van der Waals surface area contributed by atoms with Gasteiger partial charge < -0.3 is 4.42 Å². The molecule has 0 bridgehead atoms. The highest BCUT2D eigenvalue weighted by molar-refractivity contribution is 6.12. The van der Waals surface area contributed by atoms with Crippen LogP contribution in [0.5, 0.6) is 0 Å². The lowest BCUT2D eigenvalue weighted by atomic mass is 10.1. The highest BCUT2D eigenvalue weighted by Gasteiger charge is 2.19. The Balaban J connectivity index is 1.16. The summed E-state index contributed by atoms with van der Waals surface area (Å²) in [5, 5.41) is 6.63. The molecule has 0 atom stereocenters. The zero-order valence-corrected chi connectivity index (χ0v) is 25.6. The van der Waals surface area contributed by atoms with Gasteiger partial charge in [-0.15, -0.1) is 0 Å². The predicted molar refractivity (Wildman–Crippen MR) is 193 cm³/mol. The minimum atomic E-state index is 0.584. The average Bonchev–Trinajstić information content (AvgIpc) is 3.70. The second kappa shape index (κ2) is 10.4. The molecular formula is C42H25N5O. The van der Waals surface area contributed by atoms with E-state index < -0.39 is 0 Å². The van der Waals surface area contributed by atoms with Gasteiger partial charge in [0.2, 0.25) is 0 Å². The summed E-state index contributed by atoms with van der Waals surface area (Å²) in [6.07, 6.45) is 1.84. The number of hydrogen-bond donors (Lipinski definition) is 0. The molecule has 10 aromatic rings. The number of pyridine rings is 1. The first-order valence-electron chi connectivity index (χ1n) is 15.9. The molecule has 0 radical (unpaired) electrons. The molecule has 224 valence electrons. The summed E-state index contributed by atoms with van der Waals surface area (Å²) in [6.45, 7) is 0. The van der Waals surface area contributed by atoms with Crippen LogP contribution in [0.25, 0.3) is 94.5 Å². The van der Waals surface area contributed by atoms with E-state index in [2.05, 4.69) is 95.6 Å². The first kappa shape index (κ1) is 26.5. The van der Waals surface area contributed by atoms with E-state index in [-0.39, 0.29) is 0 Å². The number of nitrogens with zero attached hydrogens (tertiary/aromatic N) is 5. The zero-order chi connectivity index (χ0) is 31.6. The molecule has 10 rings (SSSR count). The number of fused-ring (bicyclic) bond motifs is 7. The normalized spacial score (nSPS) is 11.8. The van der Waals surface area contributed by atoms with Crippen LogP contribution in [-0.2, 0) is 0 Å². The van der Waals surface area contributed by atoms with Gasteiger partial charge in [0.15, 0.2) is 23.1 Å². The van der Waals surface area contributed by atoms with Gasteiger partial charge in [-0.1, -0.05) is 103 Å². The number of benzene rings is 6. The number of aromatic nitrogens is 5. The molecule has 0 amide bonds. The molecule has 0 N–H and O–H groups in total. The summed E-state index contributed by atoms with van der Waals surface area (Å²) >= 11 is 0. The van der Waals surface area contributed by atoms with E-state index in [1.54, 1.807) is 0 Å². The predicted octanol–water partition coefficient (Wildman–Crippen LogP) is 10.4. The number of rotatable bonds is 4. The molecule has 0 saturated heterocycles. The van der Waals surface area contributed by atoms with Crippen LogP contribution in [0, 0.1) is 0 Å². The first-order chi connectivity index (χ1) is 23.8. The molecule has 0 aliphatic heterocycles. The van der Waals surface area contributed by atoms with Gasteiger partial charge in [0.25, 0.3) is 0 Å². The molecule has 0 saturated carbocycles. The molecule has 6 heteroatoms. The van der Waals surface area contributed by atoms with E-state index >= 15 is 0 Å². The molecule has 0 fully saturated rings. The van der Waals surface area contributed by atoms with Crippen molar-refractivity contribution in [2.24, 2.45) is 0 Å². The molecule has 0 spiro atoms. The summed E-state index contributed by atoms with van der Waals surface area (Å²) in [7, 11) is 0. The van der Waals surface area contributed by atoms with Crippen molar-refractivity contribution in [2.45, 2.75) is 0 Å². The fourth-order valence-electron chi connectivity index (χ4n) is 6.82. The Morgan fingerprint density at radius 2 is 1.15 bits per heavy atom. The van der Waals surface area contributed by atoms with Crippen molar-refractivity contribution >= 4 is 54.6 Å². The van der Waals surface area contributed by atoms with Crippen molar-refractivity contribution in [2.75, 3.05) is 0 Å². The van der Waals surface area contributed by atoms with Gasteiger partial charge in [0, 0.05) is 44.4 Å². The molecule has 48 heavy (non-hydrogen) atoms. The smallest absolute Gasteiger partial charge is 0.164 e. The first-order valence-corrected chi connectivity index (χ1v) is 15.9. The summed E-state index contributed by atoms with van der Waals surface area (Å²) in [5.74, 6) is 1.83. The SMILES string of the molecule is c1ccc(-c2nc(-c3ccc4ccccc4c3)nc(-c3ccc4c(c3)oc3c(-n5c6ccccc6c6cccnc65)cccc34)n2)cc1. The third kappa shape index (κ3) is 4.13. The Morgan fingerprint density at radius 1 is 0.458 bits per heavy atom. The van der Waals surface area contributed by atoms with Crippen LogP contribution in [0.1, 0.15) is 0 Å². The summed E-state index contributed by atoms with van der Waals surface area (Å²) in [5.41, 5.74) is 7.20. The van der Waals surface area contributed by atoms with Crippen molar-refractivity contribution < 1.29 is 4.42 Å². The van der Waals surface area contributed by atoms with E-state index in [9.17, 15) is 0 Å². The quantitative estimate of drug-likeness (QED) is 0.197. The summed E-state index contributed by atoms with van der Waals surface area (Å²) in [6, 6.07) is 49.7. The van der Waals surface area contributed by atoms with E-state index in [0.717, 1.165) is 71.6 Å². The molecule has 6 aromatic carbocycles. The Labute approximate surface area is 274 Å². The molecule has 0 aliphatic carbocycles. The minimum absolute atomic E-state index is 0.584. The lowest BCUT2D eigenvalue weighted by molar-refractivity contribution is 0.666. The van der Waals surface area contributed by atoms with Gasteiger partial charge in [-0.2, -0.15) is 0 Å². The zero-order valence-electron chi connectivity index (χ0n) is 25.6. The van der Waals surface area contributed by atoms with Crippen molar-refractivity contribution in [3.05, 3.63) is 152 Å². The monoisotopic (exact) mass is 615 g/mol. The third-order valence-corrected chi connectivity index (χ3v) is 9.09. The fraction of sp³-hybridized carbons (Fsp3) is 0. The average molecular weight is 616 g/mol. The second-order valence-electron chi connectivity index (χ2n) is 11.9. The highest BCUT2D eigenvalue weighted by atomic mass is 16.3. The molecule has 4 aromatic heterocycles. The second-order valence-corrected chi connectivity index (χ2v) is 11.9. The van der Waals surface area contributed by atoms with Gasteiger partial charge in [-0.3, -0.25) is 4.57 Å². The van der Waals surface area contributed by atoms with Crippen molar-refractivity contribution in [1.29, 1.82) is 0 Å². The maximum absolute atomic E-state index is 6.73. The van der Waals surface area contributed by atoms with Crippen LogP contribution >= 0.6 is 0 Å². The van der Waals surface area contributed by atoms with E-state index in [0.29, 0.717) is 17.5 Å². The van der Waals surface area contributed by atoms with Gasteiger partial charge in [-0.25, -0.2) is 19.9 Å². The van der Waals surface area contributed by atoms with Crippen LogP contribution in [0.4, 0.5) is 0 Å².